The molecule has 0 amide bonds. The Morgan fingerprint density at radius 3 is 2.32 bits per heavy atom. The van der Waals surface area contributed by atoms with Gasteiger partial charge in [0, 0.05) is 0 Å². The first-order valence-corrected chi connectivity index (χ1v) is 7.03. The maximum atomic E-state index is 11.1. The highest BCUT2D eigenvalue weighted by molar-refractivity contribution is 5.72. The molecule has 1 aliphatic rings. The molecule has 0 aromatic heterocycles. The third-order valence-corrected chi connectivity index (χ3v) is 4.37. The summed E-state index contributed by atoms with van der Waals surface area (Å²) in [5, 5.41) is 9.17. The maximum absolute atomic E-state index is 11.1. The van der Waals surface area contributed by atoms with E-state index < -0.39 is 5.97 Å². The molecule has 0 heterocycles. The second-order valence-corrected chi connectivity index (χ2v) is 5.62. The number of rotatable bonds is 4. The topological polar surface area (TPSA) is 37.3 Å². The lowest BCUT2D eigenvalue weighted by Gasteiger charge is -2.31. The van der Waals surface area contributed by atoms with Crippen LogP contribution in [0, 0.1) is 18.8 Å². The molecule has 0 saturated heterocycles. The van der Waals surface area contributed by atoms with E-state index in [-0.39, 0.29) is 11.8 Å². The summed E-state index contributed by atoms with van der Waals surface area (Å²) in [6.45, 7) is 5.76. The molecule has 102 valence electrons. The van der Waals surface area contributed by atoms with Gasteiger partial charge in [-0.15, -0.1) is 6.58 Å². The summed E-state index contributed by atoms with van der Waals surface area (Å²) < 4.78 is 0. The first-order chi connectivity index (χ1) is 9.11. The summed E-state index contributed by atoms with van der Waals surface area (Å²) in [6, 6.07) is 8.74. The summed E-state index contributed by atoms with van der Waals surface area (Å²) in [4.78, 5) is 11.1. The highest BCUT2D eigenvalue weighted by Gasteiger charge is 2.30. The van der Waals surface area contributed by atoms with E-state index in [1.165, 1.54) is 11.1 Å². The minimum atomic E-state index is -0.728. The number of hydrogen-bond donors (Lipinski definition) is 1. The fourth-order valence-electron chi connectivity index (χ4n) is 3.15. The molecule has 19 heavy (non-hydrogen) atoms. The van der Waals surface area contributed by atoms with Crippen LogP contribution in [0.25, 0.3) is 0 Å². The zero-order valence-electron chi connectivity index (χ0n) is 11.5. The Balaban J connectivity index is 1.97. The molecule has 1 atom stereocenters. The van der Waals surface area contributed by atoms with Crippen molar-refractivity contribution in [3.05, 3.63) is 48.0 Å². The Hall–Kier alpha value is -1.57. The van der Waals surface area contributed by atoms with Crippen LogP contribution in [0.15, 0.2) is 36.9 Å². The summed E-state index contributed by atoms with van der Waals surface area (Å²) >= 11 is 0. The average molecular weight is 258 g/mol. The fourth-order valence-corrected chi connectivity index (χ4v) is 3.15. The van der Waals surface area contributed by atoms with Gasteiger partial charge in [0.05, 0.1) is 5.92 Å². The summed E-state index contributed by atoms with van der Waals surface area (Å²) in [5.74, 6) is -0.249. The molecule has 1 N–H and O–H groups in total. The number of carboxylic acids is 1. The molecule has 0 bridgehead atoms. The van der Waals surface area contributed by atoms with Crippen molar-refractivity contribution < 1.29 is 9.90 Å². The van der Waals surface area contributed by atoms with Crippen LogP contribution in [0.1, 0.15) is 42.7 Å². The van der Waals surface area contributed by atoms with E-state index in [0.29, 0.717) is 5.92 Å². The zero-order chi connectivity index (χ0) is 13.8. The van der Waals surface area contributed by atoms with Gasteiger partial charge in [0.2, 0.25) is 0 Å². The summed E-state index contributed by atoms with van der Waals surface area (Å²) in [5.41, 5.74) is 2.68. The van der Waals surface area contributed by atoms with E-state index in [4.69, 9.17) is 5.11 Å². The Labute approximate surface area is 115 Å². The number of hydrogen-bond acceptors (Lipinski definition) is 1. The first kappa shape index (κ1) is 13.9. The van der Waals surface area contributed by atoms with Crippen LogP contribution in [0.3, 0.4) is 0 Å². The van der Waals surface area contributed by atoms with Crippen molar-refractivity contribution in [2.24, 2.45) is 11.8 Å². The lowest BCUT2D eigenvalue weighted by Crippen LogP contribution is -2.25. The average Bonchev–Trinajstić information content (AvgIpc) is 2.41. The molecule has 0 aliphatic heterocycles. The minimum Gasteiger partial charge on any atom is -0.481 e. The quantitative estimate of drug-likeness (QED) is 0.823. The third kappa shape index (κ3) is 3.25. The molecule has 0 radical (unpaired) electrons. The van der Waals surface area contributed by atoms with Crippen LogP contribution in [0.5, 0.6) is 0 Å². The highest BCUT2D eigenvalue weighted by Crippen LogP contribution is 2.39. The molecule has 1 aromatic rings. The molecule has 1 aromatic carbocycles. The molecule has 1 saturated carbocycles. The van der Waals surface area contributed by atoms with Crippen molar-refractivity contribution >= 4 is 5.97 Å². The molecule has 1 aliphatic carbocycles. The monoisotopic (exact) mass is 258 g/mol. The van der Waals surface area contributed by atoms with Crippen LogP contribution in [-0.2, 0) is 4.79 Å². The Morgan fingerprint density at radius 1 is 1.26 bits per heavy atom. The van der Waals surface area contributed by atoms with Crippen molar-refractivity contribution in [3.8, 4) is 0 Å². The molecule has 1 unspecified atom stereocenters. The van der Waals surface area contributed by atoms with Gasteiger partial charge in [-0.05, 0) is 50.0 Å². The van der Waals surface area contributed by atoms with Crippen molar-refractivity contribution in [2.45, 2.75) is 38.5 Å². The Morgan fingerprint density at radius 2 is 1.84 bits per heavy atom. The summed E-state index contributed by atoms with van der Waals surface area (Å²) in [6.07, 6.45) is 5.75. The predicted octanol–water partition coefficient (Wildman–Crippen LogP) is 4.16. The van der Waals surface area contributed by atoms with Crippen LogP contribution in [0.4, 0.5) is 0 Å². The first-order valence-electron chi connectivity index (χ1n) is 7.03. The van der Waals surface area contributed by atoms with Crippen LogP contribution in [-0.4, -0.2) is 11.1 Å². The third-order valence-electron chi connectivity index (χ3n) is 4.37. The normalized spacial score (nSPS) is 24.7. The number of aliphatic carboxylic acids is 1. The number of aryl methyl sites for hydroxylation is 1. The SMILES string of the molecule is C=CC(C(=O)O)C1CCC(c2ccc(C)cc2)CC1. The number of benzene rings is 1. The molecule has 2 rings (SSSR count). The summed E-state index contributed by atoms with van der Waals surface area (Å²) in [7, 11) is 0. The van der Waals surface area contributed by atoms with E-state index >= 15 is 0 Å². The maximum Gasteiger partial charge on any atom is 0.310 e. The molecule has 2 heteroatoms. The largest absolute Gasteiger partial charge is 0.481 e. The predicted molar refractivity (Wildman–Crippen MR) is 77.2 cm³/mol. The Kier molecular flexibility index (Phi) is 4.41. The van der Waals surface area contributed by atoms with E-state index in [9.17, 15) is 4.79 Å². The van der Waals surface area contributed by atoms with Crippen molar-refractivity contribution in [1.82, 2.24) is 0 Å². The van der Waals surface area contributed by atoms with E-state index in [0.717, 1.165) is 25.7 Å². The van der Waals surface area contributed by atoms with Crippen molar-refractivity contribution in [2.75, 3.05) is 0 Å². The van der Waals surface area contributed by atoms with Crippen molar-refractivity contribution in [3.63, 3.8) is 0 Å². The van der Waals surface area contributed by atoms with E-state index in [1.807, 2.05) is 0 Å². The van der Waals surface area contributed by atoms with Gasteiger partial charge < -0.3 is 5.11 Å². The van der Waals surface area contributed by atoms with Crippen LogP contribution < -0.4 is 0 Å². The van der Waals surface area contributed by atoms with Crippen molar-refractivity contribution in [1.29, 1.82) is 0 Å². The van der Waals surface area contributed by atoms with Gasteiger partial charge in [0.25, 0.3) is 0 Å². The highest BCUT2D eigenvalue weighted by atomic mass is 16.4. The van der Waals surface area contributed by atoms with Crippen LogP contribution in [0.2, 0.25) is 0 Å². The number of carbonyl (C=O) groups is 1. The second-order valence-electron chi connectivity index (χ2n) is 5.62. The van der Waals surface area contributed by atoms with Gasteiger partial charge >= 0.3 is 5.97 Å². The van der Waals surface area contributed by atoms with Gasteiger partial charge in [-0.1, -0.05) is 35.9 Å². The van der Waals surface area contributed by atoms with E-state index in [2.05, 4.69) is 37.8 Å². The molecule has 1 fully saturated rings. The van der Waals surface area contributed by atoms with Gasteiger partial charge in [0.15, 0.2) is 0 Å². The van der Waals surface area contributed by atoms with E-state index in [1.54, 1.807) is 6.08 Å². The standard InChI is InChI=1S/C17H22O2/c1-3-16(17(18)19)15-10-8-14(9-11-15)13-6-4-12(2)5-7-13/h3-7,14-16H,1,8-11H2,2H3,(H,18,19). The van der Waals surface area contributed by atoms with Crippen LogP contribution >= 0.6 is 0 Å². The second kappa shape index (κ2) is 6.05. The molecule has 2 nitrogen and oxygen atoms in total. The van der Waals surface area contributed by atoms with Gasteiger partial charge in [0.1, 0.15) is 0 Å². The molecular weight excluding hydrogens is 236 g/mol. The number of carboxylic acid groups (broad SMARTS) is 1. The lowest BCUT2D eigenvalue weighted by atomic mass is 9.74. The fraction of sp³-hybridized carbons (Fsp3) is 0.471. The van der Waals surface area contributed by atoms with Gasteiger partial charge in [-0.3, -0.25) is 4.79 Å². The zero-order valence-corrected chi connectivity index (χ0v) is 11.5. The van der Waals surface area contributed by atoms with Gasteiger partial charge in [-0.2, -0.15) is 0 Å². The molecular formula is C17H22O2. The van der Waals surface area contributed by atoms with Gasteiger partial charge in [-0.25, -0.2) is 0 Å². The smallest absolute Gasteiger partial charge is 0.310 e. The molecule has 0 spiro atoms. The Bertz CT molecular complexity index is 439. The minimum absolute atomic E-state index is 0.261. The lowest BCUT2D eigenvalue weighted by molar-refractivity contribution is -0.142.